The van der Waals surface area contributed by atoms with Crippen molar-refractivity contribution in [2.75, 3.05) is 0 Å². The summed E-state index contributed by atoms with van der Waals surface area (Å²) in [6.45, 7) is 48.0. The fourth-order valence-corrected chi connectivity index (χ4v) is 6.09. The fourth-order valence-electron chi connectivity index (χ4n) is 6.09. The molecule has 39 heavy (non-hydrogen) atoms. The van der Waals surface area contributed by atoms with Crippen LogP contribution in [0.4, 0.5) is 0 Å². The van der Waals surface area contributed by atoms with Crippen LogP contribution in [0, 0.1) is 0 Å². The predicted octanol–water partition coefficient (Wildman–Crippen LogP) is 11.8. The highest BCUT2D eigenvalue weighted by atomic mass is 14.5. The molecular weight excluding hydrogens is 468 g/mol. The van der Waals surface area contributed by atoms with Crippen molar-refractivity contribution in [3.63, 3.8) is 0 Å². The molecule has 220 valence electrons. The lowest BCUT2D eigenvalue weighted by Crippen LogP contribution is -2.36. The minimum Gasteiger partial charge on any atom is -0.0561 e. The van der Waals surface area contributed by atoms with Crippen LogP contribution in [0.5, 0.6) is 0 Å². The summed E-state index contributed by atoms with van der Waals surface area (Å²) in [7, 11) is 0. The Morgan fingerprint density at radius 3 is 0.872 bits per heavy atom. The zero-order valence-electron chi connectivity index (χ0n) is 29.8. The Labute approximate surface area is 244 Å². The maximum Gasteiger partial charge on any atom is 0.0149 e. The lowest BCUT2D eigenvalue weighted by Gasteiger charge is -2.45. The molecule has 0 atom stereocenters. The average Bonchev–Trinajstić information content (AvgIpc) is 2.67. The maximum atomic E-state index is 2.62. The molecule has 2 aromatic carbocycles. The van der Waals surface area contributed by atoms with Crippen molar-refractivity contribution in [2.24, 2.45) is 0 Å². The van der Waals surface area contributed by atoms with Crippen LogP contribution in [-0.4, -0.2) is 0 Å². The van der Waals surface area contributed by atoms with E-state index in [1.807, 2.05) is 0 Å². The standard InChI is InChI=1S/C39H64/c1-33(2,3)25-21-26(34(4,5)6)23-27(22-25)39(19,20)29-24-28(35(7,8)9)30(36(10,11)12)32(38(16,17)18)31(29)37(13,14)15/h21-24H,1-20H3. The van der Waals surface area contributed by atoms with Crippen molar-refractivity contribution in [3.8, 4) is 0 Å². The Morgan fingerprint density at radius 1 is 0.282 bits per heavy atom. The monoisotopic (exact) mass is 533 g/mol. The summed E-state index contributed by atoms with van der Waals surface area (Å²) in [6, 6.07) is 10.1. The molecule has 0 saturated carbocycles. The van der Waals surface area contributed by atoms with E-state index in [2.05, 4.69) is 163 Å². The fraction of sp³-hybridized carbons (Fsp3) is 0.692. The van der Waals surface area contributed by atoms with Gasteiger partial charge >= 0.3 is 0 Å². The summed E-state index contributed by atoms with van der Waals surface area (Å²) >= 11 is 0. The lowest BCUT2D eigenvalue weighted by atomic mass is 9.59. The molecule has 0 bridgehead atoms. The normalized spacial score (nSPS) is 14.7. The Morgan fingerprint density at radius 2 is 0.590 bits per heavy atom. The number of rotatable bonds is 2. The van der Waals surface area contributed by atoms with Crippen LogP contribution in [0.15, 0.2) is 24.3 Å². The highest BCUT2D eigenvalue weighted by molar-refractivity contribution is 5.60. The molecule has 2 aromatic rings. The van der Waals surface area contributed by atoms with Crippen LogP contribution in [-0.2, 0) is 37.9 Å². The van der Waals surface area contributed by atoms with Gasteiger partial charge in [0.15, 0.2) is 0 Å². The van der Waals surface area contributed by atoms with E-state index >= 15 is 0 Å². The SMILES string of the molecule is CC(C)(C)c1cc(C(C)(C)C)cc(C(C)(C)c2cc(C(C)(C)C)c(C(C)(C)C)c(C(C)(C)C)c2C(C)(C)C)c1. The van der Waals surface area contributed by atoms with Crippen molar-refractivity contribution in [3.05, 3.63) is 68.8 Å². The van der Waals surface area contributed by atoms with Gasteiger partial charge in [-0.1, -0.05) is 163 Å². The van der Waals surface area contributed by atoms with Crippen molar-refractivity contribution in [1.29, 1.82) is 0 Å². The molecule has 2 rings (SSSR count). The van der Waals surface area contributed by atoms with Gasteiger partial charge in [-0.15, -0.1) is 0 Å². The first-order valence-electron chi connectivity index (χ1n) is 15.3. The Kier molecular flexibility index (Phi) is 8.43. The van der Waals surface area contributed by atoms with Gasteiger partial charge in [0.25, 0.3) is 0 Å². The summed E-state index contributed by atoms with van der Waals surface area (Å²) in [5.74, 6) is 0. The molecule has 0 N–H and O–H groups in total. The third-order valence-corrected chi connectivity index (χ3v) is 8.45. The number of benzene rings is 2. The summed E-state index contributed by atoms with van der Waals surface area (Å²) in [6.07, 6.45) is 0. The molecule has 0 aliphatic carbocycles. The van der Waals surface area contributed by atoms with Crippen LogP contribution in [0.2, 0.25) is 0 Å². The molecule has 0 aliphatic heterocycles. The molecule has 0 heterocycles. The van der Waals surface area contributed by atoms with Gasteiger partial charge in [0.1, 0.15) is 0 Å². The van der Waals surface area contributed by atoms with Crippen LogP contribution in [0.25, 0.3) is 0 Å². The second kappa shape index (κ2) is 9.77. The molecule has 0 heteroatoms. The summed E-state index contributed by atoms with van der Waals surface area (Å²) < 4.78 is 0. The minimum absolute atomic E-state index is 0.000125. The van der Waals surface area contributed by atoms with E-state index in [1.54, 1.807) is 11.1 Å². The molecular formula is C39H64. The van der Waals surface area contributed by atoms with Gasteiger partial charge in [0.2, 0.25) is 0 Å². The van der Waals surface area contributed by atoms with Crippen LogP contribution < -0.4 is 0 Å². The van der Waals surface area contributed by atoms with E-state index in [1.165, 1.54) is 33.4 Å². The Balaban J connectivity index is 3.29. The first-order valence-corrected chi connectivity index (χ1v) is 15.3. The molecule has 0 fully saturated rings. The van der Waals surface area contributed by atoms with Crippen molar-refractivity contribution < 1.29 is 0 Å². The van der Waals surface area contributed by atoms with E-state index in [0.29, 0.717) is 0 Å². The zero-order chi connectivity index (χ0) is 30.9. The molecule has 0 aliphatic rings. The Bertz CT molecular complexity index is 1160. The second-order valence-corrected chi connectivity index (χ2v) is 19.0. The Hall–Kier alpha value is -1.56. The molecule has 0 radical (unpaired) electrons. The van der Waals surface area contributed by atoms with Crippen LogP contribution >= 0.6 is 0 Å². The van der Waals surface area contributed by atoms with Gasteiger partial charge in [-0.2, -0.15) is 0 Å². The molecule has 0 amide bonds. The van der Waals surface area contributed by atoms with Crippen molar-refractivity contribution in [1.82, 2.24) is 0 Å². The molecule has 0 unspecified atom stereocenters. The van der Waals surface area contributed by atoms with Gasteiger partial charge in [0.05, 0.1) is 0 Å². The van der Waals surface area contributed by atoms with Crippen LogP contribution in [0.1, 0.15) is 183 Å². The smallest absolute Gasteiger partial charge is 0.0149 e. The summed E-state index contributed by atoms with van der Waals surface area (Å²) in [4.78, 5) is 0. The average molecular weight is 533 g/mol. The largest absolute Gasteiger partial charge is 0.0561 e. The first-order chi connectivity index (χ1) is 16.9. The van der Waals surface area contributed by atoms with E-state index in [9.17, 15) is 0 Å². The topological polar surface area (TPSA) is 0 Å². The molecule has 0 aromatic heterocycles. The van der Waals surface area contributed by atoms with Gasteiger partial charge in [-0.25, -0.2) is 0 Å². The van der Waals surface area contributed by atoms with Gasteiger partial charge in [-0.05, 0) is 77.0 Å². The van der Waals surface area contributed by atoms with Gasteiger partial charge in [-0.3, -0.25) is 0 Å². The summed E-state index contributed by atoms with van der Waals surface area (Å²) in [5, 5.41) is 0. The van der Waals surface area contributed by atoms with Gasteiger partial charge in [0, 0.05) is 5.41 Å². The third-order valence-electron chi connectivity index (χ3n) is 8.45. The quantitative estimate of drug-likeness (QED) is 0.361. The van der Waals surface area contributed by atoms with Crippen molar-refractivity contribution in [2.45, 2.75) is 176 Å². The third kappa shape index (κ3) is 7.02. The number of hydrogen-bond donors (Lipinski definition) is 0. The zero-order valence-corrected chi connectivity index (χ0v) is 29.8. The van der Waals surface area contributed by atoms with E-state index < -0.39 is 0 Å². The first kappa shape index (κ1) is 33.6. The maximum absolute atomic E-state index is 2.62. The van der Waals surface area contributed by atoms with Gasteiger partial charge < -0.3 is 0 Å². The van der Waals surface area contributed by atoms with Crippen molar-refractivity contribution >= 4 is 0 Å². The van der Waals surface area contributed by atoms with Crippen LogP contribution in [0.3, 0.4) is 0 Å². The molecule has 0 saturated heterocycles. The minimum atomic E-state index is -0.166. The highest BCUT2D eigenvalue weighted by Crippen LogP contribution is 2.51. The predicted molar refractivity (Wildman–Crippen MR) is 177 cm³/mol. The molecule has 0 nitrogen and oxygen atoms in total. The van der Waals surface area contributed by atoms with E-state index in [-0.39, 0.29) is 37.9 Å². The lowest BCUT2D eigenvalue weighted by molar-refractivity contribution is 0.464. The van der Waals surface area contributed by atoms with E-state index in [0.717, 1.165) is 0 Å². The van der Waals surface area contributed by atoms with E-state index in [4.69, 9.17) is 0 Å². The molecule has 0 spiro atoms. The highest BCUT2D eigenvalue weighted by Gasteiger charge is 2.41. The second-order valence-electron chi connectivity index (χ2n) is 19.0. The number of hydrogen-bond acceptors (Lipinski definition) is 0. The summed E-state index contributed by atoms with van der Waals surface area (Å²) in [5.41, 5.74) is 12.0.